The van der Waals surface area contributed by atoms with E-state index in [1.165, 1.54) is 0 Å². The average Bonchev–Trinajstić information content (AvgIpc) is 2.88. The predicted molar refractivity (Wildman–Crippen MR) is 81.0 cm³/mol. The number of piperidine rings is 1. The fourth-order valence-corrected chi connectivity index (χ4v) is 3.18. The first kappa shape index (κ1) is 15.2. The molecular formula is C16H21F2N3O. The molecule has 6 heteroatoms. The molecule has 2 fully saturated rings. The van der Waals surface area contributed by atoms with Gasteiger partial charge < -0.3 is 10.2 Å². The second-order valence-corrected chi connectivity index (χ2v) is 6.13. The smallest absolute Gasteiger partial charge is 0.262 e. The lowest BCUT2D eigenvalue weighted by molar-refractivity contribution is -0.134. The highest BCUT2D eigenvalue weighted by molar-refractivity contribution is 5.82. The Morgan fingerprint density at radius 3 is 2.77 bits per heavy atom. The third-order valence-corrected chi connectivity index (χ3v) is 4.29. The third kappa shape index (κ3) is 3.55. The molecule has 0 radical (unpaired) electrons. The van der Waals surface area contributed by atoms with E-state index in [0.717, 1.165) is 18.5 Å². The van der Waals surface area contributed by atoms with Crippen LogP contribution in [0.3, 0.4) is 0 Å². The van der Waals surface area contributed by atoms with Gasteiger partial charge in [0.15, 0.2) is 0 Å². The van der Waals surface area contributed by atoms with Crippen molar-refractivity contribution < 1.29 is 13.6 Å². The maximum Gasteiger partial charge on any atom is 0.262 e. The molecule has 1 aromatic carbocycles. The maximum absolute atomic E-state index is 13.2. The van der Waals surface area contributed by atoms with Gasteiger partial charge in [-0.25, -0.2) is 8.78 Å². The van der Waals surface area contributed by atoms with E-state index in [1.807, 2.05) is 30.3 Å². The molecule has 22 heavy (non-hydrogen) atoms. The van der Waals surface area contributed by atoms with Crippen LogP contribution in [0.1, 0.15) is 19.3 Å². The molecule has 2 saturated heterocycles. The quantitative estimate of drug-likeness (QED) is 0.898. The molecule has 2 aliphatic heterocycles. The van der Waals surface area contributed by atoms with Gasteiger partial charge in [0.1, 0.15) is 0 Å². The van der Waals surface area contributed by atoms with Crippen LogP contribution in [0.25, 0.3) is 0 Å². The minimum atomic E-state index is -2.77. The van der Waals surface area contributed by atoms with Gasteiger partial charge in [0, 0.05) is 31.2 Å². The number of rotatable bonds is 3. The molecule has 1 amide bonds. The largest absolute Gasteiger partial charge is 0.381 e. The molecule has 4 nitrogen and oxygen atoms in total. The van der Waals surface area contributed by atoms with Crippen LogP contribution in [0.5, 0.6) is 0 Å². The Morgan fingerprint density at radius 2 is 2.09 bits per heavy atom. The van der Waals surface area contributed by atoms with E-state index in [-0.39, 0.29) is 18.4 Å². The number of benzene rings is 1. The molecule has 3 rings (SSSR count). The van der Waals surface area contributed by atoms with Gasteiger partial charge in [0.05, 0.1) is 12.6 Å². The monoisotopic (exact) mass is 309 g/mol. The second-order valence-electron chi connectivity index (χ2n) is 6.13. The fraction of sp³-hybridized carbons (Fsp3) is 0.562. The predicted octanol–water partition coefficient (Wildman–Crippen LogP) is 2.09. The summed E-state index contributed by atoms with van der Waals surface area (Å²) in [6, 6.07) is 9.26. The van der Waals surface area contributed by atoms with E-state index in [1.54, 1.807) is 4.90 Å². The molecule has 0 bridgehead atoms. The number of likely N-dealkylation sites (tertiary alicyclic amines) is 1. The maximum atomic E-state index is 13.2. The number of para-hydroxylation sites is 1. The summed E-state index contributed by atoms with van der Waals surface area (Å²) in [6.45, 7) is 0.815. The Balaban J connectivity index is 1.57. The molecule has 2 N–H and O–H groups in total. The Labute approximate surface area is 128 Å². The zero-order chi connectivity index (χ0) is 15.6. The number of hydrogen-bond donors (Lipinski definition) is 2. The first-order chi connectivity index (χ1) is 10.5. The van der Waals surface area contributed by atoms with Crippen molar-refractivity contribution in [3.63, 3.8) is 0 Å². The summed E-state index contributed by atoms with van der Waals surface area (Å²) in [7, 11) is 0. The van der Waals surface area contributed by atoms with Crippen LogP contribution >= 0.6 is 0 Å². The van der Waals surface area contributed by atoms with Crippen LogP contribution in [-0.2, 0) is 4.79 Å². The highest BCUT2D eigenvalue weighted by Gasteiger charge is 2.44. The van der Waals surface area contributed by atoms with Crippen molar-refractivity contribution in [2.24, 2.45) is 0 Å². The summed E-state index contributed by atoms with van der Waals surface area (Å²) in [5, 5.41) is 6.06. The van der Waals surface area contributed by atoms with Crippen LogP contribution in [0.2, 0.25) is 0 Å². The minimum Gasteiger partial charge on any atom is -0.381 e. The van der Waals surface area contributed by atoms with Crippen LogP contribution in [0.15, 0.2) is 30.3 Å². The van der Waals surface area contributed by atoms with Crippen LogP contribution in [0.4, 0.5) is 14.5 Å². The van der Waals surface area contributed by atoms with Crippen molar-refractivity contribution in [2.45, 2.75) is 37.3 Å². The van der Waals surface area contributed by atoms with Gasteiger partial charge in [-0.1, -0.05) is 18.2 Å². The summed E-state index contributed by atoms with van der Waals surface area (Å²) < 4.78 is 26.5. The van der Waals surface area contributed by atoms with Crippen molar-refractivity contribution in [1.82, 2.24) is 10.2 Å². The SMILES string of the molecule is O=C(C1CC(F)(F)CN1)N1CCCC(Nc2ccccc2)C1. The van der Waals surface area contributed by atoms with Gasteiger partial charge in [0.2, 0.25) is 5.91 Å². The van der Waals surface area contributed by atoms with E-state index < -0.39 is 18.5 Å². The minimum absolute atomic E-state index is 0.169. The molecule has 1 aromatic rings. The van der Waals surface area contributed by atoms with Gasteiger partial charge >= 0.3 is 0 Å². The fourth-order valence-electron chi connectivity index (χ4n) is 3.18. The molecule has 0 spiro atoms. The van der Waals surface area contributed by atoms with Crippen molar-refractivity contribution in [3.05, 3.63) is 30.3 Å². The number of alkyl halides is 2. The van der Waals surface area contributed by atoms with Crippen LogP contribution < -0.4 is 10.6 Å². The van der Waals surface area contributed by atoms with Crippen molar-refractivity contribution in [1.29, 1.82) is 0 Å². The third-order valence-electron chi connectivity index (χ3n) is 4.29. The molecule has 2 heterocycles. The Bertz CT molecular complexity index is 523. The van der Waals surface area contributed by atoms with E-state index in [9.17, 15) is 13.6 Å². The number of carbonyl (C=O) groups is 1. The summed E-state index contributed by atoms with van der Waals surface area (Å²) in [5.74, 6) is -2.96. The first-order valence-corrected chi connectivity index (χ1v) is 7.75. The average molecular weight is 309 g/mol. The summed E-state index contributed by atoms with van der Waals surface area (Å²) in [6.07, 6.45) is 1.48. The lowest BCUT2D eigenvalue weighted by Crippen LogP contribution is -2.50. The number of anilines is 1. The molecule has 2 unspecified atom stereocenters. The Morgan fingerprint density at radius 1 is 1.32 bits per heavy atom. The van der Waals surface area contributed by atoms with Gasteiger partial charge in [-0.15, -0.1) is 0 Å². The zero-order valence-corrected chi connectivity index (χ0v) is 12.4. The number of nitrogens with zero attached hydrogens (tertiary/aromatic N) is 1. The van der Waals surface area contributed by atoms with E-state index in [4.69, 9.17) is 0 Å². The second kappa shape index (κ2) is 6.20. The lowest BCUT2D eigenvalue weighted by atomic mass is 10.0. The summed E-state index contributed by atoms with van der Waals surface area (Å²) >= 11 is 0. The van der Waals surface area contributed by atoms with E-state index >= 15 is 0 Å². The number of hydrogen-bond acceptors (Lipinski definition) is 3. The molecule has 0 aromatic heterocycles. The molecule has 0 aliphatic carbocycles. The highest BCUT2D eigenvalue weighted by Crippen LogP contribution is 2.27. The number of halogens is 2. The number of carbonyl (C=O) groups excluding carboxylic acids is 1. The Kier molecular flexibility index (Phi) is 4.29. The first-order valence-electron chi connectivity index (χ1n) is 7.75. The summed E-state index contributed by atoms with van der Waals surface area (Å²) in [5.41, 5.74) is 1.02. The van der Waals surface area contributed by atoms with E-state index in [2.05, 4.69) is 10.6 Å². The summed E-state index contributed by atoms with van der Waals surface area (Å²) in [4.78, 5) is 14.1. The van der Waals surface area contributed by atoms with Gasteiger partial charge in [-0.3, -0.25) is 10.1 Å². The van der Waals surface area contributed by atoms with Crippen LogP contribution in [-0.4, -0.2) is 48.4 Å². The Hall–Kier alpha value is -1.69. The van der Waals surface area contributed by atoms with Gasteiger partial charge in [-0.2, -0.15) is 0 Å². The molecule has 2 aliphatic rings. The van der Waals surface area contributed by atoms with Gasteiger partial charge in [-0.05, 0) is 25.0 Å². The number of amides is 1. The lowest BCUT2D eigenvalue weighted by Gasteiger charge is -2.35. The van der Waals surface area contributed by atoms with E-state index in [0.29, 0.717) is 13.1 Å². The number of nitrogens with one attached hydrogen (secondary N) is 2. The van der Waals surface area contributed by atoms with Crippen molar-refractivity contribution in [2.75, 3.05) is 25.0 Å². The highest BCUT2D eigenvalue weighted by atomic mass is 19.3. The normalized spacial score (nSPS) is 27.6. The van der Waals surface area contributed by atoms with Crippen molar-refractivity contribution in [3.8, 4) is 0 Å². The van der Waals surface area contributed by atoms with Crippen molar-refractivity contribution >= 4 is 11.6 Å². The van der Waals surface area contributed by atoms with Gasteiger partial charge in [0.25, 0.3) is 5.92 Å². The molecular weight excluding hydrogens is 288 g/mol. The topological polar surface area (TPSA) is 44.4 Å². The zero-order valence-electron chi connectivity index (χ0n) is 12.4. The van der Waals surface area contributed by atoms with Crippen LogP contribution in [0, 0.1) is 0 Å². The molecule has 120 valence electrons. The molecule has 0 saturated carbocycles. The molecule has 2 atom stereocenters. The standard InChI is InChI=1S/C16H21F2N3O/c17-16(18)9-14(19-11-16)15(22)21-8-4-7-13(10-21)20-12-5-2-1-3-6-12/h1-3,5-6,13-14,19-20H,4,7-11H2.